The van der Waals surface area contributed by atoms with E-state index < -0.39 is 0 Å². The third-order valence-corrected chi connectivity index (χ3v) is 6.68. The second-order valence-electron chi connectivity index (χ2n) is 6.85. The SMILES string of the molecule is CSc1ncnc2c([C@H]3CCC(COC4CCC(C)CO4)O3)scc12. The van der Waals surface area contributed by atoms with Gasteiger partial charge in [0.05, 0.1) is 35.8 Å². The lowest BCUT2D eigenvalue weighted by molar-refractivity contribution is -0.187. The van der Waals surface area contributed by atoms with Gasteiger partial charge in [-0.1, -0.05) is 6.92 Å². The Morgan fingerprint density at radius 3 is 3.00 bits per heavy atom. The van der Waals surface area contributed by atoms with Gasteiger partial charge in [0.1, 0.15) is 11.4 Å². The average molecular weight is 381 g/mol. The van der Waals surface area contributed by atoms with Crippen molar-refractivity contribution < 1.29 is 14.2 Å². The molecule has 0 aliphatic carbocycles. The van der Waals surface area contributed by atoms with Crippen molar-refractivity contribution in [3.8, 4) is 0 Å². The zero-order chi connectivity index (χ0) is 17.2. The van der Waals surface area contributed by atoms with E-state index in [1.165, 1.54) is 11.3 Å². The van der Waals surface area contributed by atoms with Crippen LogP contribution < -0.4 is 0 Å². The molecule has 7 heteroatoms. The molecule has 136 valence electrons. The summed E-state index contributed by atoms with van der Waals surface area (Å²) in [4.78, 5) is 10.1. The molecule has 4 heterocycles. The van der Waals surface area contributed by atoms with Crippen molar-refractivity contribution in [1.82, 2.24) is 9.97 Å². The van der Waals surface area contributed by atoms with E-state index in [2.05, 4.69) is 22.3 Å². The highest BCUT2D eigenvalue weighted by Gasteiger charge is 2.31. The second kappa shape index (κ2) is 7.88. The zero-order valence-electron chi connectivity index (χ0n) is 14.6. The Morgan fingerprint density at radius 2 is 2.20 bits per heavy atom. The molecule has 0 amide bonds. The lowest BCUT2D eigenvalue weighted by atomic mass is 10.0. The van der Waals surface area contributed by atoms with E-state index in [1.54, 1.807) is 29.4 Å². The third-order valence-electron chi connectivity index (χ3n) is 4.91. The number of aromatic nitrogens is 2. The molecule has 2 fully saturated rings. The number of thiophene rings is 1. The van der Waals surface area contributed by atoms with Crippen LogP contribution in [0.3, 0.4) is 0 Å². The summed E-state index contributed by atoms with van der Waals surface area (Å²) in [5.74, 6) is 0.646. The first-order valence-corrected chi connectivity index (χ1v) is 11.0. The number of rotatable bonds is 5. The summed E-state index contributed by atoms with van der Waals surface area (Å²) in [6.45, 7) is 3.64. The van der Waals surface area contributed by atoms with Crippen LogP contribution in [-0.4, -0.2) is 41.8 Å². The number of thioether (sulfide) groups is 1. The summed E-state index contributed by atoms with van der Waals surface area (Å²) in [5.41, 5.74) is 1.04. The molecule has 25 heavy (non-hydrogen) atoms. The maximum Gasteiger partial charge on any atom is 0.157 e. The van der Waals surface area contributed by atoms with Gasteiger partial charge in [-0.2, -0.15) is 0 Å². The number of ether oxygens (including phenoxy) is 3. The number of hydrogen-bond donors (Lipinski definition) is 0. The van der Waals surface area contributed by atoms with Crippen molar-refractivity contribution in [2.24, 2.45) is 5.92 Å². The highest BCUT2D eigenvalue weighted by molar-refractivity contribution is 7.98. The van der Waals surface area contributed by atoms with E-state index >= 15 is 0 Å². The first-order valence-electron chi connectivity index (χ1n) is 8.89. The minimum Gasteiger partial charge on any atom is -0.367 e. The van der Waals surface area contributed by atoms with E-state index in [-0.39, 0.29) is 18.5 Å². The molecule has 2 aromatic heterocycles. The van der Waals surface area contributed by atoms with Crippen LogP contribution in [0.2, 0.25) is 0 Å². The van der Waals surface area contributed by atoms with E-state index in [4.69, 9.17) is 14.2 Å². The van der Waals surface area contributed by atoms with E-state index in [0.717, 1.165) is 41.8 Å². The highest BCUT2D eigenvalue weighted by atomic mass is 32.2. The van der Waals surface area contributed by atoms with Crippen molar-refractivity contribution in [1.29, 1.82) is 0 Å². The van der Waals surface area contributed by atoms with Crippen LogP contribution in [0.4, 0.5) is 0 Å². The third kappa shape index (κ3) is 3.85. The van der Waals surface area contributed by atoms with Crippen LogP contribution in [0.15, 0.2) is 16.7 Å². The lowest BCUT2D eigenvalue weighted by Gasteiger charge is -2.27. The van der Waals surface area contributed by atoms with E-state index in [1.807, 2.05) is 6.26 Å². The topological polar surface area (TPSA) is 53.5 Å². The van der Waals surface area contributed by atoms with Gasteiger partial charge in [-0.15, -0.1) is 23.1 Å². The molecule has 2 aliphatic rings. The number of hydrogen-bond acceptors (Lipinski definition) is 7. The molecule has 4 atom stereocenters. The van der Waals surface area contributed by atoms with Crippen molar-refractivity contribution in [2.75, 3.05) is 19.5 Å². The van der Waals surface area contributed by atoms with Gasteiger partial charge in [0.2, 0.25) is 0 Å². The van der Waals surface area contributed by atoms with Gasteiger partial charge < -0.3 is 14.2 Å². The highest BCUT2D eigenvalue weighted by Crippen LogP contribution is 2.41. The van der Waals surface area contributed by atoms with Gasteiger partial charge in [-0.05, 0) is 37.9 Å². The smallest absolute Gasteiger partial charge is 0.157 e. The zero-order valence-corrected chi connectivity index (χ0v) is 16.3. The number of nitrogens with zero attached hydrogens (tertiary/aromatic N) is 2. The molecule has 4 rings (SSSR count). The van der Waals surface area contributed by atoms with Gasteiger partial charge in [-0.3, -0.25) is 0 Å². The van der Waals surface area contributed by atoms with E-state index in [0.29, 0.717) is 12.5 Å². The summed E-state index contributed by atoms with van der Waals surface area (Å²) >= 11 is 3.39. The molecule has 0 aromatic carbocycles. The molecule has 0 saturated carbocycles. The van der Waals surface area contributed by atoms with Crippen LogP contribution in [0, 0.1) is 5.92 Å². The Labute approximate surface area is 156 Å². The van der Waals surface area contributed by atoms with Crippen LogP contribution in [0.5, 0.6) is 0 Å². The molecule has 2 saturated heterocycles. The maximum absolute atomic E-state index is 6.26. The molecular weight excluding hydrogens is 356 g/mol. The van der Waals surface area contributed by atoms with Crippen LogP contribution >= 0.6 is 23.1 Å². The first kappa shape index (κ1) is 17.7. The summed E-state index contributed by atoms with van der Waals surface area (Å²) in [6.07, 6.45) is 8.11. The van der Waals surface area contributed by atoms with Crippen molar-refractivity contribution in [3.05, 3.63) is 16.6 Å². The van der Waals surface area contributed by atoms with Crippen LogP contribution in [0.1, 0.15) is 43.6 Å². The lowest BCUT2D eigenvalue weighted by Crippen LogP contribution is -2.29. The van der Waals surface area contributed by atoms with E-state index in [9.17, 15) is 0 Å². The quantitative estimate of drug-likeness (QED) is 0.565. The van der Waals surface area contributed by atoms with Crippen LogP contribution in [0.25, 0.3) is 10.9 Å². The van der Waals surface area contributed by atoms with Crippen LogP contribution in [-0.2, 0) is 14.2 Å². The molecule has 3 unspecified atom stereocenters. The van der Waals surface area contributed by atoms with Gasteiger partial charge >= 0.3 is 0 Å². The summed E-state index contributed by atoms with van der Waals surface area (Å²) < 4.78 is 17.9. The fourth-order valence-electron chi connectivity index (χ4n) is 3.48. The molecular formula is C18H24N2O3S2. The van der Waals surface area contributed by atoms with Crippen molar-refractivity contribution >= 4 is 34.0 Å². The Morgan fingerprint density at radius 1 is 1.28 bits per heavy atom. The fourth-order valence-corrected chi connectivity index (χ4v) is 5.15. The predicted molar refractivity (Wildman–Crippen MR) is 100 cm³/mol. The Hall–Kier alpha value is -0.730. The van der Waals surface area contributed by atoms with Gasteiger partial charge in [0.15, 0.2) is 6.29 Å². The number of fused-ring (bicyclic) bond motifs is 1. The summed E-state index contributed by atoms with van der Waals surface area (Å²) in [6, 6.07) is 0. The first-order chi connectivity index (χ1) is 12.2. The summed E-state index contributed by atoms with van der Waals surface area (Å²) in [5, 5.41) is 4.33. The largest absolute Gasteiger partial charge is 0.367 e. The Bertz CT molecular complexity index is 715. The van der Waals surface area contributed by atoms with Gasteiger partial charge in [-0.25, -0.2) is 9.97 Å². The Kier molecular flexibility index (Phi) is 5.57. The molecule has 2 aliphatic heterocycles. The predicted octanol–water partition coefficient (Wildman–Crippen LogP) is 4.42. The summed E-state index contributed by atoms with van der Waals surface area (Å²) in [7, 11) is 0. The molecule has 0 bridgehead atoms. The Balaban J connectivity index is 1.36. The van der Waals surface area contributed by atoms with Crippen molar-refractivity contribution in [3.63, 3.8) is 0 Å². The monoisotopic (exact) mass is 380 g/mol. The standard InChI is InChI=1S/C18H24N2O3S2/c1-11-3-6-15(21-7-11)22-8-12-4-5-14(23-12)17-16-13(9-25-17)18(24-2)20-10-19-16/h9-12,14-15H,3-8H2,1-2H3/t11?,12?,14-,15?/m1/s1. The minimum absolute atomic E-state index is 0.0571. The fraction of sp³-hybridized carbons (Fsp3) is 0.667. The van der Waals surface area contributed by atoms with Crippen molar-refractivity contribution in [2.45, 2.75) is 56.1 Å². The minimum atomic E-state index is -0.0571. The van der Waals surface area contributed by atoms with Gasteiger partial charge in [0.25, 0.3) is 0 Å². The molecule has 5 nitrogen and oxygen atoms in total. The molecule has 0 spiro atoms. The molecule has 0 N–H and O–H groups in total. The van der Waals surface area contributed by atoms with Gasteiger partial charge in [0, 0.05) is 10.8 Å². The second-order valence-corrected chi connectivity index (χ2v) is 8.55. The maximum atomic E-state index is 6.26. The normalized spacial score (nSPS) is 30.2. The molecule has 0 radical (unpaired) electrons. The average Bonchev–Trinajstić information content (AvgIpc) is 3.27. The molecule has 2 aromatic rings.